The van der Waals surface area contributed by atoms with Crippen LogP contribution >= 0.6 is 0 Å². The lowest BCUT2D eigenvalue weighted by Gasteiger charge is -2.22. The predicted molar refractivity (Wildman–Crippen MR) is 102 cm³/mol. The van der Waals surface area contributed by atoms with Gasteiger partial charge in [0.15, 0.2) is 0 Å². The van der Waals surface area contributed by atoms with Crippen LogP contribution in [0.15, 0.2) is 48.5 Å². The average molecular weight is 390 g/mol. The molecule has 0 radical (unpaired) electrons. The summed E-state index contributed by atoms with van der Waals surface area (Å²) in [5, 5.41) is 0. The van der Waals surface area contributed by atoms with Gasteiger partial charge in [-0.1, -0.05) is 18.2 Å². The van der Waals surface area contributed by atoms with Crippen LogP contribution in [0.3, 0.4) is 0 Å². The molecule has 1 saturated heterocycles. The largest absolute Gasteiger partial charge is 0.497 e. The monoisotopic (exact) mass is 390 g/mol. The minimum Gasteiger partial charge on any atom is -0.497 e. The molecule has 0 saturated carbocycles. The summed E-state index contributed by atoms with van der Waals surface area (Å²) in [4.78, 5) is 16.9. The van der Waals surface area contributed by atoms with E-state index in [4.69, 9.17) is 4.74 Å². The van der Waals surface area contributed by atoms with Crippen LogP contribution < -0.4 is 9.47 Å². The number of methoxy groups -OCH3 is 1. The summed E-state index contributed by atoms with van der Waals surface area (Å²) in [5.41, 5.74) is 1.55. The smallest absolute Gasteiger partial charge is 0.387 e. The molecule has 1 aliphatic rings. The second-order valence-electron chi connectivity index (χ2n) is 6.68. The summed E-state index contributed by atoms with van der Waals surface area (Å²) in [7, 11) is 1.64. The zero-order valence-electron chi connectivity index (χ0n) is 15.8. The lowest BCUT2D eigenvalue weighted by molar-refractivity contribution is -0.0499. The first-order valence-corrected chi connectivity index (χ1v) is 9.24. The van der Waals surface area contributed by atoms with E-state index in [0.717, 1.165) is 31.8 Å². The molecule has 7 heteroatoms. The molecular formula is C21H24F2N2O3. The number of halogens is 2. The number of amides is 1. The van der Waals surface area contributed by atoms with Crippen molar-refractivity contribution in [2.45, 2.75) is 19.6 Å². The summed E-state index contributed by atoms with van der Waals surface area (Å²) in [5.74, 6) is 0.664. The summed E-state index contributed by atoms with van der Waals surface area (Å²) in [6, 6.07) is 13.9. The second kappa shape index (κ2) is 9.50. The van der Waals surface area contributed by atoms with Gasteiger partial charge in [0, 0.05) is 38.3 Å². The Morgan fingerprint density at radius 3 is 2.54 bits per heavy atom. The van der Waals surface area contributed by atoms with E-state index in [1.807, 2.05) is 24.3 Å². The van der Waals surface area contributed by atoms with Crippen molar-refractivity contribution in [2.75, 3.05) is 33.3 Å². The number of nitrogens with zero attached hydrogens (tertiary/aromatic N) is 2. The minimum atomic E-state index is -2.91. The van der Waals surface area contributed by atoms with Gasteiger partial charge in [0.05, 0.1) is 7.11 Å². The fourth-order valence-electron chi connectivity index (χ4n) is 3.31. The number of ether oxygens (including phenoxy) is 2. The van der Waals surface area contributed by atoms with Crippen LogP contribution in [0.4, 0.5) is 8.78 Å². The van der Waals surface area contributed by atoms with E-state index in [1.165, 1.54) is 17.7 Å². The summed E-state index contributed by atoms with van der Waals surface area (Å²) < 4.78 is 34.4. The van der Waals surface area contributed by atoms with Crippen LogP contribution in [0, 0.1) is 0 Å². The highest BCUT2D eigenvalue weighted by molar-refractivity contribution is 5.94. The van der Waals surface area contributed by atoms with Gasteiger partial charge in [0.2, 0.25) is 0 Å². The van der Waals surface area contributed by atoms with E-state index < -0.39 is 6.61 Å². The second-order valence-corrected chi connectivity index (χ2v) is 6.68. The first kappa shape index (κ1) is 20.1. The number of carbonyl (C=O) groups is 1. The molecule has 3 rings (SSSR count). The number of hydrogen-bond acceptors (Lipinski definition) is 4. The van der Waals surface area contributed by atoms with Gasteiger partial charge in [-0.3, -0.25) is 9.69 Å². The molecular weight excluding hydrogens is 366 g/mol. The first-order valence-electron chi connectivity index (χ1n) is 9.24. The number of carbonyl (C=O) groups excluding carboxylic acids is 1. The molecule has 0 spiro atoms. The fourth-order valence-corrected chi connectivity index (χ4v) is 3.31. The highest BCUT2D eigenvalue weighted by Crippen LogP contribution is 2.19. The molecule has 28 heavy (non-hydrogen) atoms. The van der Waals surface area contributed by atoms with Gasteiger partial charge >= 0.3 is 6.61 Å². The maximum absolute atomic E-state index is 12.8. The summed E-state index contributed by atoms with van der Waals surface area (Å²) in [6.07, 6.45) is 0.856. The molecule has 1 amide bonds. The van der Waals surface area contributed by atoms with E-state index in [0.29, 0.717) is 18.7 Å². The zero-order valence-corrected chi connectivity index (χ0v) is 15.8. The van der Waals surface area contributed by atoms with Crippen molar-refractivity contribution in [1.29, 1.82) is 0 Å². The third kappa shape index (κ3) is 5.42. The van der Waals surface area contributed by atoms with Crippen LogP contribution in [0.5, 0.6) is 11.5 Å². The maximum atomic E-state index is 12.8. The third-order valence-electron chi connectivity index (χ3n) is 4.75. The van der Waals surface area contributed by atoms with Crippen molar-refractivity contribution < 1.29 is 23.0 Å². The Bertz CT molecular complexity index is 783. The molecule has 1 heterocycles. The lowest BCUT2D eigenvalue weighted by atomic mass is 10.2. The quantitative estimate of drug-likeness (QED) is 0.755. The Labute approximate surface area is 163 Å². The van der Waals surface area contributed by atoms with E-state index in [-0.39, 0.29) is 11.7 Å². The Morgan fingerprint density at radius 2 is 1.82 bits per heavy atom. The van der Waals surface area contributed by atoms with Crippen LogP contribution in [-0.4, -0.2) is 55.6 Å². The van der Waals surface area contributed by atoms with Gasteiger partial charge in [-0.15, -0.1) is 0 Å². The number of alkyl halides is 2. The van der Waals surface area contributed by atoms with Crippen molar-refractivity contribution in [3.63, 3.8) is 0 Å². The van der Waals surface area contributed by atoms with Gasteiger partial charge < -0.3 is 14.4 Å². The zero-order chi connectivity index (χ0) is 19.9. The van der Waals surface area contributed by atoms with E-state index >= 15 is 0 Å². The van der Waals surface area contributed by atoms with Crippen molar-refractivity contribution in [3.05, 3.63) is 59.7 Å². The maximum Gasteiger partial charge on any atom is 0.387 e. The van der Waals surface area contributed by atoms with Crippen molar-refractivity contribution in [1.82, 2.24) is 9.80 Å². The molecule has 2 aromatic carbocycles. The van der Waals surface area contributed by atoms with Gasteiger partial charge in [-0.05, 0) is 42.3 Å². The SMILES string of the molecule is COc1ccc(CN2CCCN(C(=O)c3cccc(OC(F)F)c3)CC2)cc1. The highest BCUT2D eigenvalue weighted by atomic mass is 19.3. The molecule has 0 bridgehead atoms. The van der Waals surface area contributed by atoms with Crippen LogP contribution in [0.25, 0.3) is 0 Å². The molecule has 0 aromatic heterocycles. The molecule has 0 atom stereocenters. The molecule has 1 fully saturated rings. The van der Waals surface area contributed by atoms with Gasteiger partial charge in [-0.25, -0.2) is 0 Å². The molecule has 0 aliphatic carbocycles. The van der Waals surface area contributed by atoms with E-state index in [2.05, 4.69) is 9.64 Å². The molecule has 2 aromatic rings. The number of rotatable bonds is 6. The third-order valence-corrected chi connectivity index (χ3v) is 4.75. The van der Waals surface area contributed by atoms with E-state index in [1.54, 1.807) is 24.1 Å². The highest BCUT2D eigenvalue weighted by Gasteiger charge is 2.21. The first-order chi connectivity index (χ1) is 13.5. The molecule has 5 nitrogen and oxygen atoms in total. The molecule has 150 valence electrons. The molecule has 1 aliphatic heterocycles. The number of benzene rings is 2. The Balaban J connectivity index is 1.59. The predicted octanol–water partition coefficient (Wildman–Crippen LogP) is 3.64. The Kier molecular flexibility index (Phi) is 6.81. The fraction of sp³-hybridized carbons (Fsp3) is 0.381. The van der Waals surface area contributed by atoms with Crippen molar-refractivity contribution in [3.8, 4) is 11.5 Å². The van der Waals surface area contributed by atoms with Gasteiger partial charge in [0.25, 0.3) is 5.91 Å². The van der Waals surface area contributed by atoms with Crippen LogP contribution in [0.2, 0.25) is 0 Å². The van der Waals surface area contributed by atoms with Gasteiger partial charge in [-0.2, -0.15) is 8.78 Å². The van der Waals surface area contributed by atoms with Crippen molar-refractivity contribution >= 4 is 5.91 Å². The summed E-state index contributed by atoms with van der Waals surface area (Å²) in [6.45, 7) is 0.779. The van der Waals surface area contributed by atoms with Crippen molar-refractivity contribution in [2.24, 2.45) is 0 Å². The number of hydrogen-bond donors (Lipinski definition) is 0. The standard InChI is InChI=1S/C21H24F2N2O3/c1-27-18-8-6-16(7-9-18)15-24-10-3-11-25(13-12-24)20(26)17-4-2-5-19(14-17)28-21(22)23/h2,4-9,14,21H,3,10-13,15H2,1H3. The Hall–Kier alpha value is -2.67. The lowest BCUT2D eigenvalue weighted by Crippen LogP contribution is -2.35. The summed E-state index contributed by atoms with van der Waals surface area (Å²) >= 11 is 0. The minimum absolute atomic E-state index is 0.00296. The normalized spacial score (nSPS) is 15.4. The topological polar surface area (TPSA) is 42.0 Å². The molecule has 0 unspecified atom stereocenters. The van der Waals surface area contributed by atoms with Gasteiger partial charge in [0.1, 0.15) is 11.5 Å². The van der Waals surface area contributed by atoms with E-state index in [9.17, 15) is 13.6 Å². The van der Waals surface area contributed by atoms with Crippen LogP contribution in [0.1, 0.15) is 22.3 Å². The molecule has 0 N–H and O–H groups in total. The van der Waals surface area contributed by atoms with Crippen LogP contribution in [-0.2, 0) is 6.54 Å². The Morgan fingerprint density at radius 1 is 1.04 bits per heavy atom. The average Bonchev–Trinajstić information content (AvgIpc) is 2.93.